The zero-order valence-electron chi connectivity index (χ0n) is 12.3. The summed E-state index contributed by atoms with van der Waals surface area (Å²) < 4.78 is 32.1. The monoisotopic (exact) mass is 349 g/mol. The summed E-state index contributed by atoms with van der Waals surface area (Å²) in [6.07, 6.45) is 1.68. The second-order valence-electron chi connectivity index (χ2n) is 4.73. The summed E-state index contributed by atoms with van der Waals surface area (Å²) in [4.78, 5) is 7.32. The van der Waals surface area contributed by atoms with Crippen molar-refractivity contribution in [3.05, 3.63) is 53.8 Å². The van der Waals surface area contributed by atoms with Crippen molar-refractivity contribution in [3.8, 4) is 17.0 Å². The van der Waals surface area contributed by atoms with Crippen molar-refractivity contribution < 1.29 is 13.2 Å². The molecule has 3 rings (SSSR count). The standard InChI is InChI=1S/C15H15N3O3S2/c1-21-12-6-4-11(5-7-12)13-9-16-14(18-13)10-17-23(19,20)15-3-2-8-22-15/h2-9,17H,10H2,1H3,(H,16,18). The Labute approximate surface area is 138 Å². The smallest absolute Gasteiger partial charge is 0.250 e. The van der Waals surface area contributed by atoms with Gasteiger partial charge in [0.2, 0.25) is 10.0 Å². The van der Waals surface area contributed by atoms with Crippen molar-refractivity contribution in [2.75, 3.05) is 7.11 Å². The number of aromatic amines is 1. The fourth-order valence-electron chi connectivity index (χ4n) is 2.02. The molecule has 0 spiro atoms. The van der Waals surface area contributed by atoms with E-state index in [9.17, 15) is 8.42 Å². The quantitative estimate of drug-likeness (QED) is 0.716. The van der Waals surface area contributed by atoms with E-state index in [4.69, 9.17) is 4.74 Å². The third-order valence-electron chi connectivity index (χ3n) is 3.22. The van der Waals surface area contributed by atoms with Gasteiger partial charge in [0.05, 0.1) is 25.5 Å². The van der Waals surface area contributed by atoms with E-state index in [0.717, 1.165) is 17.0 Å². The normalized spacial score (nSPS) is 11.5. The average molecular weight is 349 g/mol. The molecule has 0 saturated carbocycles. The van der Waals surface area contributed by atoms with Gasteiger partial charge in [-0.3, -0.25) is 0 Å². The van der Waals surface area contributed by atoms with E-state index >= 15 is 0 Å². The number of H-pyrrole nitrogens is 1. The number of nitrogens with zero attached hydrogens (tertiary/aromatic N) is 1. The number of benzene rings is 1. The Bertz CT molecular complexity index is 869. The molecule has 0 unspecified atom stereocenters. The van der Waals surface area contributed by atoms with E-state index in [0.29, 0.717) is 10.0 Å². The Morgan fingerprint density at radius 3 is 2.70 bits per heavy atom. The molecule has 120 valence electrons. The van der Waals surface area contributed by atoms with Gasteiger partial charge in [-0.15, -0.1) is 11.3 Å². The van der Waals surface area contributed by atoms with Gasteiger partial charge in [-0.2, -0.15) is 0 Å². The first kappa shape index (κ1) is 15.7. The van der Waals surface area contributed by atoms with E-state index < -0.39 is 10.0 Å². The highest BCUT2D eigenvalue weighted by atomic mass is 32.2. The van der Waals surface area contributed by atoms with E-state index in [1.54, 1.807) is 30.8 Å². The van der Waals surface area contributed by atoms with Crippen LogP contribution in [0, 0.1) is 0 Å². The summed E-state index contributed by atoms with van der Waals surface area (Å²) in [5.41, 5.74) is 1.77. The molecular weight excluding hydrogens is 334 g/mol. The van der Waals surface area contributed by atoms with Crippen molar-refractivity contribution in [2.24, 2.45) is 0 Å². The van der Waals surface area contributed by atoms with Crippen LogP contribution in [0.5, 0.6) is 5.75 Å². The number of hydrogen-bond acceptors (Lipinski definition) is 5. The van der Waals surface area contributed by atoms with Crippen LogP contribution in [-0.4, -0.2) is 25.5 Å². The van der Waals surface area contributed by atoms with Crippen LogP contribution in [0.15, 0.2) is 52.2 Å². The molecule has 1 aromatic carbocycles. The number of hydrogen-bond donors (Lipinski definition) is 2. The van der Waals surface area contributed by atoms with Gasteiger partial charge in [0.1, 0.15) is 15.8 Å². The van der Waals surface area contributed by atoms with Crippen molar-refractivity contribution >= 4 is 21.4 Å². The average Bonchev–Trinajstić information content (AvgIpc) is 3.25. The van der Waals surface area contributed by atoms with Crippen molar-refractivity contribution in [2.45, 2.75) is 10.8 Å². The van der Waals surface area contributed by atoms with E-state index in [1.807, 2.05) is 24.3 Å². The largest absolute Gasteiger partial charge is 0.497 e. The summed E-state index contributed by atoms with van der Waals surface area (Å²) in [6.45, 7) is 0.108. The number of rotatable bonds is 6. The summed E-state index contributed by atoms with van der Waals surface area (Å²) in [5.74, 6) is 1.33. The molecule has 8 heteroatoms. The van der Waals surface area contributed by atoms with Crippen LogP contribution in [-0.2, 0) is 16.6 Å². The number of aromatic nitrogens is 2. The van der Waals surface area contributed by atoms with Crippen LogP contribution in [0.25, 0.3) is 11.3 Å². The van der Waals surface area contributed by atoms with Gasteiger partial charge in [0.25, 0.3) is 0 Å². The minimum absolute atomic E-state index is 0.108. The Hall–Kier alpha value is -2.16. The highest BCUT2D eigenvalue weighted by Crippen LogP contribution is 2.21. The predicted molar refractivity (Wildman–Crippen MR) is 88.9 cm³/mol. The Kier molecular flexibility index (Phi) is 4.46. The predicted octanol–water partition coefficient (Wildman–Crippen LogP) is 2.63. The molecule has 0 radical (unpaired) electrons. The molecular formula is C15H15N3O3S2. The number of thiophene rings is 1. The van der Waals surface area contributed by atoms with Gasteiger partial charge >= 0.3 is 0 Å². The summed E-state index contributed by atoms with van der Waals surface area (Å²) >= 11 is 1.18. The Balaban J connectivity index is 1.70. The second kappa shape index (κ2) is 6.53. The molecule has 2 heterocycles. The molecule has 0 aliphatic rings. The van der Waals surface area contributed by atoms with Crippen LogP contribution >= 0.6 is 11.3 Å². The number of imidazole rings is 1. The van der Waals surface area contributed by atoms with Crippen LogP contribution in [0.2, 0.25) is 0 Å². The highest BCUT2D eigenvalue weighted by molar-refractivity contribution is 7.91. The third kappa shape index (κ3) is 3.61. The highest BCUT2D eigenvalue weighted by Gasteiger charge is 2.15. The summed E-state index contributed by atoms with van der Waals surface area (Å²) in [6, 6.07) is 10.8. The van der Waals surface area contributed by atoms with Gasteiger partial charge in [0, 0.05) is 0 Å². The van der Waals surface area contributed by atoms with Crippen molar-refractivity contribution in [1.29, 1.82) is 0 Å². The third-order valence-corrected chi connectivity index (χ3v) is 6.02. The lowest BCUT2D eigenvalue weighted by Crippen LogP contribution is -2.22. The van der Waals surface area contributed by atoms with Crippen molar-refractivity contribution in [1.82, 2.24) is 14.7 Å². The van der Waals surface area contributed by atoms with Gasteiger partial charge < -0.3 is 9.72 Å². The molecule has 6 nitrogen and oxygen atoms in total. The zero-order chi connectivity index (χ0) is 16.3. The second-order valence-corrected chi connectivity index (χ2v) is 7.67. The first-order valence-electron chi connectivity index (χ1n) is 6.80. The van der Waals surface area contributed by atoms with Crippen LogP contribution in [0.3, 0.4) is 0 Å². The number of methoxy groups -OCH3 is 1. The van der Waals surface area contributed by atoms with Crippen LogP contribution < -0.4 is 9.46 Å². The van der Waals surface area contributed by atoms with Crippen LogP contribution in [0.1, 0.15) is 5.82 Å². The van der Waals surface area contributed by atoms with Crippen LogP contribution in [0.4, 0.5) is 0 Å². The number of ether oxygens (including phenoxy) is 1. The van der Waals surface area contributed by atoms with Gasteiger partial charge in [0.15, 0.2) is 0 Å². The molecule has 23 heavy (non-hydrogen) atoms. The summed E-state index contributed by atoms with van der Waals surface area (Å²) in [5, 5.41) is 1.73. The molecule has 0 saturated heterocycles. The van der Waals surface area contributed by atoms with Gasteiger partial charge in [-0.05, 0) is 41.3 Å². The lowest BCUT2D eigenvalue weighted by Gasteiger charge is -2.03. The molecule has 0 aliphatic carbocycles. The molecule has 0 aliphatic heterocycles. The molecule has 2 N–H and O–H groups in total. The minimum atomic E-state index is -3.49. The molecule has 0 bridgehead atoms. The Morgan fingerprint density at radius 2 is 2.04 bits per heavy atom. The maximum atomic E-state index is 12.1. The number of nitrogens with one attached hydrogen (secondary N) is 2. The maximum absolute atomic E-state index is 12.1. The van der Waals surface area contributed by atoms with E-state index in [-0.39, 0.29) is 6.54 Å². The summed E-state index contributed by atoms with van der Waals surface area (Å²) in [7, 11) is -1.87. The molecule has 0 atom stereocenters. The molecule has 3 aromatic rings. The molecule has 2 aromatic heterocycles. The fourth-order valence-corrected chi connectivity index (χ4v) is 4.05. The lowest BCUT2D eigenvalue weighted by atomic mass is 10.2. The first-order valence-corrected chi connectivity index (χ1v) is 9.16. The first-order chi connectivity index (χ1) is 11.1. The van der Waals surface area contributed by atoms with E-state index in [1.165, 1.54) is 11.3 Å². The Morgan fingerprint density at radius 1 is 1.26 bits per heavy atom. The maximum Gasteiger partial charge on any atom is 0.250 e. The fraction of sp³-hybridized carbons (Fsp3) is 0.133. The van der Waals surface area contributed by atoms with Gasteiger partial charge in [-0.1, -0.05) is 6.07 Å². The minimum Gasteiger partial charge on any atom is -0.497 e. The van der Waals surface area contributed by atoms with E-state index in [2.05, 4.69) is 14.7 Å². The number of sulfonamides is 1. The molecule has 0 fully saturated rings. The zero-order valence-corrected chi connectivity index (χ0v) is 13.9. The SMILES string of the molecule is COc1ccc(-c2cnc(CNS(=O)(=O)c3cccs3)[nH]2)cc1. The lowest BCUT2D eigenvalue weighted by molar-refractivity contribution is 0.415. The van der Waals surface area contributed by atoms with Gasteiger partial charge in [-0.25, -0.2) is 18.1 Å². The van der Waals surface area contributed by atoms with Crippen molar-refractivity contribution in [3.63, 3.8) is 0 Å². The topological polar surface area (TPSA) is 84.1 Å². The molecule has 0 amide bonds.